The van der Waals surface area contributed by atoms with E-state index in [2.05, 4.69) is 19.2 Å². The van der Waals surface area contributed by atoms with Gasteiger partial charge in [-0.1, -0.05) is 30.4 Å². The van der Waals surface area contributed by atoms with E-state index in [-0.39, 0.29) is 5.54 Å². The van der Waals surface area contributed by atoms with E-state index >= 15 is 0 Å². The van der Waals surface area contributed by atoms with Crippen LogP contribution in [0.25, 0.3) is 5.57 Å². The molecule has 0 radical (unpaired) electrons. The molecule has 2 nitrogen and oxygen atoms in total. The van der Waals surface area contributed by atoms with Crippen LogP contribution in [0.2, 0.25) is 0 Å². The van der Waals surface area contributed by atoms with E-state index in [0.717, 1.165) is 21.7 Å². The van der Waals surface area contributed by atoms with E-state index < -0.39 is 9.83 Å². The normalized spacial score (nSPS) is 25.3. The minimum Gasteiger partial charge on any atom is -0.375 e. The topological polar surface area (TPSA) is 29.1 Å². The van der Waals surface area contributed by atoms with E-state index in [1.165, 1.54) is 10.8 Å². The Morgan fingerprint density at radius 2 is 2.06 bits per heavy atom. The van der Waals surface area contributed by atoms with Crippen LogP contribution in [-0.4, -0.2) is 13.9 Å². The Hall–Kier alpha value is -0.650. The van der Waals surface area contributed by atoms with E-state index in [1.807, 2.05) is 24.3 Å². The number of fused-ring (bicyclic) bond motifs is 2. The first kappa shape index (κ1) is 11.4. The third kappa shape index (κ3) is 1.60. The van der Waals surface area contributed by atoms with Gasteiger partial charge in [0.25, 0.3) is 0 Å². The molecule has 0 aliphatic carbocycles. The van der Waals surface area contributed by atoms with Crippen LogP contribution in [0.1, 0.15) is 19.4 Å². The summed E-state index contributed by atoms with van der Waals surface area (Å²) in [7, 11) is 0.269. The number of anilines is 1. The van der Waals surface area contributed by atoms with Crippen LogP contribution in [-0.2, 0) is 9.83 Å². The molecule has 88 valence electrons. The Kier molecular flexibility index (Phi) is 2.47. The lowest BCUT2D eigenvalue weighted by atomic mass is 9.91. The minimum atomic E-state index is -1.11. The zero-order valence-electron chi connectivity index (χ0n) is 9.44. The van der Waals surface area contributed by atoms with Gasteiger partial charge in [-0.15, -0.1) is 0 Å². The van der Waals surface area contributed by atoms with Gasteiger partial charge in [-0.2, -0.15) is 0 Å². The van der Waals surface area contributed by atoms with Crippen molar-refractivity contribution in [2.24, 2.45) is 0 Å². The van der Waals surface area contributed by atoms with Crippen molar-refractivity contribution >= 4 is 48.3 Å². The Bertz CT molecular complexity index is 589. The fourth-order valence-corrected chi connectivity index (χ4v) is 5.80. The Labute approximate surface area is 112 Å². The second kappa shape index (κ2) is 3.67. The van der Waals surface area contributed by atoms with Crippen LogP contribution in [0.5, 0.6) is 0 Å². The lowest BCUT2D eigenvalue weighted by molar-refractivity contribution is 0.695. The molecule has 0 bridgehead atoms. The van der Waals surface area contributed by atoms with Crippen molar-refractivity contribution in [2.75, 3.05) is 5.32 Å². The highest BCUT2D eigenvalue weighted by molar-refractivity contribution is 8.78. The molecular formula is C12H11NOS3. The molecule has 1 atom stereocenters. The Balaban J connectivity index is 2.30. The first-order valence-electron chi connectivity index (χ1n) is 5.27. The number of nitrogens with one attached hydrogen (secondary N) is 1. The monoisotopic (exact) mass is 281 g/mol. The van der Waals surface area contributed by atoms with Gasteiger partial charge < -0.3 is 5.32 Å². The molecule has 0 fully saturated rings. The van der Waals surface area contributed by atoms with Crippen molar-refractivity contribution in [3.8, 4) is 0 Å². The second-order valence-corrected chi connectivity index (χ2v) is 8.13. The summed E-state index contributed by atoms with van der Waals surface area (Å²) in [6.45, 7) is 4.19. The van der Waals surface area contributed by atoms with Gasteiger partial charge in [0.05, 0.1) is 5.54 Å². The Morgan fingerprint density at radius 3 is 2.82 bits per heavy atom. The molecule has 5 heteroatoms. The first-order chi connectivity index (χ1) is 8.00. The second-order valence-electron chi connectivity index (χ2n) is 4.61. The summed E-state index contributed by atoms with van der Waals surface area (Å²) in [6.07, 6.45) is 0. The van der Waals surface area contributed by atoms with Crippen molar-refractivity contribution in [3.63, 3.8) is 0 Å². The fourth-order valence-electron chi connectivity index (χ4n) is 2.18. The van der Waals surface area contributed by atoms with Crippen molar-refractivity contribution in [3.05, 3.63) is 34.7 Å². The van der Waals surface area contributed by atoms with E-state index in [0.29, 0.717) is 4.20 Å². The van der Waals surface area contributed by atoms with Gasteiger partial charge in [0.2, 0.25) is 0 Å². The predicted octanol–water partition coefficient (Wildman–Crippen LogP) is 3.34. The molecule has 3 rings (SSSR count). The molecule has 2 aliphatic heterocycles. The highest BCUT2D eigenvalue weighted by Crippen LogP contribution is 2.51. The number of thiocarbonyl (C=S) groups is 1. The van der Waals surface area contributed by atoms with Gasteiger partial charge in [-0.3, -0.25) is 0 Å². The number of rotatable bonds is 0. The van der Waals surface area contributed by atoms with E-state index in [4.69, 9.17) is 12.2 Å². The summed E-state index contributed by atoms with van der Waals surface area (Å²) in [4.78, 5) is 1.10. The zero-order valence-corrected chi connectivity index (χ0v) is 11.9. The summed E-state index contributed by atoms with van der Waals surface area (Å²) in [5, 5.41) is 3.48. The van der Waals surface area contributed by atoms with Gasteiger partial charge in [0.15, 0.2) is 0 Å². The van der Waals surface area contributed by atoms with Crippen molar-refractivity contribution in [1.29, 1.82) is 0 Å². The lowest BCUT2D eigenvalue weighted by Crippen LogP contribution is -2.35. The molecule has 17 heavy (non-hydrogen) atoms. The van der Waals surface area contributed by atoms with Crippen LogP contribution in [0.15, 0.2) is 29.2 Å². The lowest BCUT2D eigenvalue weighted by Gasteiger charge is -2.34. The third-order valence-electron chi connectivity index (χ3n) is 2.95. The maximum Gasteiger partial charge on any atom is 0.129 e. The standard InChI is InChI=1S/C12H11NOS3/c1-12(2)10-9(11(15)17(14)16-10)7-5-3-4-6-8(7)13-12/h3-6,13H,1-2H3. The molecular weight excluding hydrogens is 270 g/mol. The first-order valence-corrected chi connectivity index (χ1v) is 8.16. The molecule has 0 amide bonds. The molecule has 0 aromatic heterocycles. The minimum absolute atomic E-state index is 0.204. The average Bonchev–Trinajstić information content (AvgIpc) is 2.57. The molecule has 1 unspecified atom stereocenters. The number of para-hydroxylation sites is 1. The summed E-state index contributed by atoms with van der Waals surface area (Å²) >= 11 is 5.31. The van der Waals surface area contributed by atoms with Gasteiger partial charge >= 0.3 is 0 Å². The molecule has 0 saturated carbocycles. The molecule has 0 spiro atoms. The van der Waals surface area contributed by atoms with Crippen molar-refractivity contribution in [1.82, 2.24) is 0 Å². The zero-order chi connectivity index (χ0) is 12.2. The molecule has 2 heterocycles. The number of hydrogen-bond donors (Lipinski definition) is 1. The maximum atomic E-state index is 11.9. The summed E-state index contributed by atoms with van der Waals surface area (Å²) < 4.78 is 12.5. The van der Waals surface area contributed by atoms with Crippen LogP contribution in [0.4, 0.5) is 5.69 Å². The molecule has 1 aromatic carbocycles. The molecule has 0 saturated heterocycles. The van der Waals surface area contributed by atoms with Gasteiger partial charge in [-0.05, 0) is 30.7 Å². The van der Waals surface area contributed by atoms with Crippen LogP contribution in [0.3, 0.4) is 0 Å². The van der Waals surface area contributed by atoms with Gasteiger partial charge in [0.1, 0.15) is 14.0 Å². The summed E-state index contributed by atoms with van der Waals surface area (Å²) in [5.74, 6) is 0. The van der Waals surface area contributed by atoms with Crippen LogP contribution >= 0.6 is 23.0 Å². The number of benzene rings is 1. The SMILES string of the molecule is CC1(C)Nc2ccccc2C2=C1SS(=O)C2=S. The van der Waals surface area contributed by atoms with Crippen LogP contribution in [0, 0.1) is 0 Å². The quantitative estimate of drug-likeness (QED) is 0.583. The van der Waals surface area contributed by atoms with Crippen molar-refractivity contribution < 1.29 is 4.21 Å². The van der Waals surface area contributed by atoms with Crippen LogP contribution < -0.4 is 5.32 Å². The molecule has 1 aromatic rings. The average molecular weight is 281 g/mol. The smallest absolute Gasteiger partial charge is 0.129 e. The molecule has 2 aliphatic rings. The van der Waals surface area contributed by atoms with Crippen molar-refractivity contribution in [2.45, 2.75) is 19.4 Å². The van der Waals surface area contributed by atoms with E-state index in [1.54, 1.807) is 0 Å². The van der Waals surface area contributed by atoms with Gasteiger partial charge in [0, 0.05) is 21.7 Å². The largest absolute Gasteiger partial charge is 0.375 e. The summed E-state index contributed by atoms with van der Waals surface area (Å²) in [5.41, 5.74) is 2.94. The summed E-state index contributed by atoms with van der Waals surface area (Å²) in [6, 6.07) is 8.05. The van der Waals surface area contributed by atoms with E-state index in [9.17, 15) is 4.21 Å². The van der Waals surface area contributed by atoms with Gasteiger partial charge in [-0.25, -0.2) is 4.21 Å². The molecule has 1 N–H and O–H groups in total. The highest BCUT2D eigenvalue weighted by atomic mass is 33.1. The maximum absolute atomic E-state index is 11.9. The number of hydrogen-bond acceptors (Lipinski definition) is 4. The Morgan fingerprint density at radius 1 is 1.35 bits per heavy atom. The third-order valence-corrected chi connectivity index (χ3v) is 6.92. The fraction of sp³-hybridized carbons (Fsp3) is 0.250. The highest BCUT2D eigenvalue weighted by Gasteiger charge is 2.41. The predicted molar refractivity (Wildman–Crippen MR) is 79.4 cm³/mol.